The summed E-state index contributed by atoms with van der Waals surface area (Å²) in [5.41, 5.74) is 2.87. The van der Waals surface area contributed by atoms with Crippen LogP contribution in [0, 0.1) is 0 Å². The first-order valence-electron chi connectivity index (χ1n) is 7.40. The predicted octanol–water partition coefficient (Wildman–Crippen LogP) is 2.41. The van der Waals surface area contributed by atoms with Crippen LogP contribution in [0.15, 0.2) is 24.3 Å². The molecule has 0 spiro atoms. The highest BCUT2D eigenvalue weighted by molar-refractivity contribution is 5.27. The Morgan fingerprint density at radius 3 is 2.84 bits per heavy atom. The topological polar surface area (TPSA) is 24.5 Å². The Balaban J connectivity index is 1.98. The minimum atomic E-state index is 0.519. The van der Waals surface area contributed by atoms with Crippen molar-refractivity contribution in [2.45, 2.75) is 39.4 Å². The van der Waals surface area contributed by atoms with E-state index in [2.05, 4.69) is 48.3 Å². The molecule has 106 valence electrons. The molecular formula is C16H26N2O. The van der Waals surface area contributed by atoms with Gasteiger partial charge in [0.1, 0.15) is 0 Å². The number of benzene rings is 1. The fraction of sp³-hybridized carbons (Fsp3) is 0.625. The molecule has 0 amide bonds. The van der Waals surface area contributed by atoms with E-state index < -0.39 is 0 Å². The minimum absolute atomic E-state index is 0.519. The molecule has 1 unspecified atom stereocenters. The number of nitrogens with one attached hydrogen (secondary N) is 1. The van der Waals surface area contributed by atoms with Gasteiger partial charge in [0.2, 0.25) is 0 Å². The fourth-order valence-electron chi connectivity index (χ4n) is 2.50. The Labute approximate surface area is 116 Å². The number of hydrogen-bond donors (Lipinski definition) is 1. The van der Waals surface area contributed by atoms with Crippen molar-refractivity contribution in [2.24, 2.45) is 0 Å². The van der Waals surface area contributed by atoms with E-state index in [1.54, 1.807) is 0 Å². The Bertz CT molecular complexity index is 381. The zero-order chi connectivity index (χ0) is 13.5. The van der Waals surface area contributed by atoms with Crippen LogP contribution in [0.2, 0.25) is 0 Å². The van der Waals surface area contributed by atoms with Gasteiger partial charge in [-0.15, -0.1) is 0 Å². The van der Waals surface area contributed by atoms with E-state index in [1.807, 2.05) is 0 Å². The standard InChI is InChI=1S/C16H26N2O/c1-3-8-17-11-15-6-4-5-7-16(15)12-18-9-10-19-13-14(18)2/h4-7,14,17H,3,8-13H2,1-2H3. The maximum absolute atomic E-state index is 5.51. The summed E-state index contributed by atoms with van der Waals surface area (Å²) in [5.74, 6) is 0. The lowest BCUT2D eigenvalue weighted by atomic mass is 10.1. The third-order valence-electron chi connectivity index (χ3n) is 3.74. The van der Waals surface area contributed by atoms with Gasteiger partial charge < -0.3 is 10.1 Å². The number of ether oxygens (including phenoxy) is 1. The van der Waals surface area contributed by atoms with Gasteiger partial charge in [0.25, 0.3) is 0 Å². The van der Waals surface area contributed by atoms with Gasteiger partial charge in [0, 0.05) is 25.7 Å². The molecule has 0 bridgehead atoms. The predicted molar refractivity (Wildman–Crippen MR) is 79.1 cm³/mol. The van der Waals surface area contributed by atoms with Crippen LogP contribution >= 0.6 is 0 Å². The summed E-state index contributed by atoms with van der Waals surface area (Å²) in [6.45, 7) is 10.3. The second-order valence-electron chi connectivity index (χ2n) is 5.34. The number of hydrogen-bond acceptors (Lipinski definition) is 3. The maximum atomic E-state index is 5.51. The lowest BCUT2D eigenvalue weighted by Gasteiger charge is -2.33. The van der Waals surface area contributed by atoms with Crippen LogP contribution in [0.4, 0.5) is 0 Å². The van der Waals surface area contributed by atoms with Crippen LogP contribution in [-0.4, -0.2) is 37.2 Å². The average Bonchev–Trinajstić information content (AvgIpc) is 2.43. The van der Waals surface area contributed by atoms with Crippen LogP contribution in [0.5, 0.6) is 0 Å². The van der Waals surface area contributed by atoms with Crippen molar-refractivity contribution in [1.29, 1.82) is 0 Å². The van der Waals surface area contributed by atoms with Gasteiger partial charge in [-0.3, -0.25) is 4.90 Å². The molecule has 1 N–H and O–H groups in total. The highest BCUT2D eigenvalue weighted by Gasteiger charge is 2.19. The van der Waals surface area contributed by atoms with E-state index in [4.69, 9.17) is 4.74 Å². The van der Waals surface area contributed by atoms with Crippen molar-refractivity contribution in [1.82, 2.24) is 10.2 Å². The van der Waals surface area contributed by atoms with Gasteiger partial charge in [0.15, 0.2) is 0 Å². The molecule has 2 rings (SSSR count). The first kappa shape index (κ1) is 14.5. The highest BCUT2D eigenvalue weighted by atomic mass is 16.5. The van der Waals surface area contributed by atoms with Crippen LogP contribution in [0.25, 0.3) is 0 Å². The quantitative estimate of drug-likeness (QED) is 0.797. The van der Waals surface area contributed by atoms with Gasteiger partial charge in [-0.05, 0) is 31.0 Å². The van der Waals surface area contributed by atoms with Gasteiger partial charge >= 0.3 is 0 Å². The van der Waals surface area contributed by atoms with Crippen LogP contribution < -0.4 is 5.32 Å². The second-order valence-corrected chi connectivity index (χ2v) is 5.34. The summed E-state index contributed by atoms with van der Waals surface area (Å²) in [6.07, 6.45) is 1.18. The van der Waals surface area contributed by atoms with E-state index in [0.717, 1.165) is 39.4 Å². The van der Waals surface area contributed by atoms with Gasteiger partial charge in [-0.1, -0.05) is 31.2 Å². The smallest absolute Gasteiger partial charge is 0.0619 e. The first-order chi connectivity index (χ1) is 9.31. The Hall–Kier alpha value is -0.900. The summed E-state index contributed by atoms with van der Waals surface area (Å²) in [4.78, 5) is 2.52. The van der Waals surface area contributed by atoms with Crippen LogP contribution in [-0.2, 0) is 17.8 Å². The molecule has 1 aromatic rings. The molecule has 1 aliphatic heterocycles. The van der Waals surface area contributed by atoms with Crippen molar-refractivity contribution in [3.63, 3.8) is 0 Å². The third kappa shape index (κ3) is 4.30. The summed E-state index contributed by atoms with van der Waals surface area (Å²) in [6, 6.07) is 9.29. The summed E-state index contributed by atoms with van der Waals surface area (Å²) < 4.78 is 5.51. The molecule has 1 saturated heterocycles. The van der Waals surface area contributed by atoms with E-state index in [9.17, 15) is 0 Å². The van der Waals surface area contributed by atoms with Crippen molar-refractivity contribution < 1.29 is 4.74 Å². The Morgan fingerprint density at radius 2 is 2.11 bits per heavy atom. The summed E-state index contributed by atoms with van der Waals surface area (Å²) in [7, 11) is 0. The van der Waals surface area contributed by atoms with Crippen molar-refractivity contribution >= 4 is 0 Å². The number of nitrogens with zero attached hydrogens (tertiary/aromatic N) is 1. The van der Waals surface area contributed by atoms with Crippen LogP contribution in [0.3, 0.4) is 0 Å². The molecule has 3 nitrogen and oxygen atoms in total. The van der Waals surface area contributed by atoms with E-state index in [1.165, 1.54) is 17.5 Å². The van der Waals surface area contributed by atoms with Crippen molar-refractivity contribution in [2.75, 3.05) is 26.3 Å². The lowest BCUT2D eigenvalue weighted by molar-refractivity contribution is -0.00448. The molecule has 3 heteroatoms. The first-order valence-corrected chi connectivity index (χ1v) is 7.40. The normalized spacial score (nSPS) is 20.6. The third-order valence-corrected chi connectivity index (χ3v) is 3.74. The van der Waals surface area contributed by atoms with Crippen molar-refractivity contribution in [3.8, 4) is 0 Å². The molecule has 1 atom stereocenters. The van der Waals surface area contributed by atoms with Gasteiger partial charge in [-0.2, -0.15) is 0 Å². The monoisotopic (exact) mass is 262 g/mol. The zero-order valence-electron chi connectivity index (χ0n) is 12.2. The molecule has 1 aromatic carbocycles. The van der Waals surface area contributed by atoms with E-state index >= 15 is 0 Å². The van der Waals surface area contributed by atoms with Gasteiger partial charge in [-0.25, -0.2) is 0 Å². The average molecular weight is 262 g/mol. The van der Waals surface area contributed by atoms with Crippen LogP contribution in [0.1, 0.15) is 31.4 Å². The molecule has 19 heavy (non-hydrogen) atoms. The molecular weight excluding hydrogens is 236 g/mol. The minimum Gasteiger partial charge on any atom is -0.379 e. The second kappa shape index (κ2) is 7.63. The molecule has 0 aliphatic carbocycles. The van der Waals surface area contributed by atoms with Gasteiger partial charge in [0.05, 0.1) is 13.2 Å². The van der Waals surface area contributed by atoms with E-state index in [-0.39, 0.29) is 0 Å². The summed E-state index contributed by atoms with van der Waals surface area (Å²) in [5, 5.41) is 3.50. The lowest BCUT2D eigenvalue weighted by Crippen LogP contribution is -2.43. The molecule has 1 fully saturated rings. The van der Waals surface area contributed by atoms with Crippen molar-refractivity contribution in [3.05, 3.63) is 35.4 Å². The SMILES string of the molecule is CCCNCc1ccccc1CN1CCOCC1C. The zero-order valence-corrected chi connectivity index (χ0v) is 12.2. The highest BCUT2D eigenvalue weighted by Crippen LogP contribution is 2.15. The fourth-order valence-corrected chi connectivity index (χ4v) is 2.50. The Kier molecular flexibility index (Phi) is 5.83. The maximum Gasteiger partial charge on any atom is 0.0619 e. The molecule has 0 radical (unpaired) electrons. The molecule has 1 heterocycles. The Morgan fingerprint density at radius 1 is 1.32 bits per heavy atom. The molecule has 0 saturated carbocycles. The number of morpholine rings is 1. The van der Waals surface area contributed by atoms with E-state index in [0.29, 0.717) is 6.04 Å². The molecule has 0 aromatic heterocycles. The summed E-state index contributed by atoms with van der Waals surface area (Å²) >= 11 is 0. The molecule has 1 aliphatic rings. The largest absolute Gasteiger partial charge is 0.379 e. The number of rotatable bonds is 6.